The van der Waals surface area contributed by atoms with Crippen LogP contribution in [0.2, 0.25) is 0 Å². The van der Waals surface area contributed by atoms with Gasteiger partial charge in [0.15, 0.2) is 0 Å². The topological polar surface area (TPSA) is 58.2 Å². The number of hydrogen-bond acceptors (Lipinski definition) is 2. The Hall–Kier alpha value is -1.55. The third kappa shape index (κ3) is 4.31. The molecule has 86 valence electrons. The van der Waals surface area contributed by atoms with Crippen molar-refractivity contribution in [2.24, 2.45) is 0 Å². The van der Waals surface area contributed by atoms with Crippen LogP contribution in [0.4, 0.5) is 11.4 Å². The number of amides is 2. The summed E-state index contributed by atoms with van der Waals surface area (Å²) < 4.78 is 0. The van der Waals surface area contributed by atoms with E-state index in [1.54, 1.807) is 24.3 Å². The highest BCUT2D eigenvalue weighted by Gasteiger charge is 2.01. The Kier molecular flexibility index (Phi) is 4.79. The van der Waals surface area contributed by atoms with Crippen molar-refractivity contribution >= 4 is 34.8 Å². The Balaban J connectivity index is 2.57. The van der Waals surface area contributed by atoms with Crippen LogP contribution in [0.5, 0.6) is 0 Å². The van der Waals surface area contributed by atoms with Crippen molar-refractivity contribution in [1.29, 1.82) is 0 Å². The van der Waals surface area contributed by atoms with Crippen LogP contribution >= 0.6 is 11.6 Å². The van der Waals surface area contributed by atoms with Crippen molar-refractivity contribution < 1.29 is 9.59 Å². The van der Waals surface area contributed by atoms with Gasteiger partial charge in [-0.1, -0.05) is 0 Å². The van der Waals surface area contributed by atoms with E-state index in [4.69, 9.17) is 11.6 Å². The number of halogens is 1. The number of rotatable bonds is 4. The molecule has 4 nitrogen and oxygen atoms in total. The highest BCUT2D eigenvalue weighted by atomic mass is 35.5. The van der Waals surface area contributed by atoms with Crippen molar-refractivity contribution in [3.8, 4) is 0 Å². The van der Waals surface area contributed by atoms with Crippen molar-refractivity contribution in [2.75, 3.05) is 16.5 Å². The van der Waals surface area contributed by atoms with Gasteiger partial charge in [0.05, 0.1) is 0 Å². The summed E-state index contributed by atoms with van der Waals surface area (Å²) in [6, 6.07) is 6.88. The minimum absolute atomic E-state index is 0.123. The normalized spacial score (nSPS) is 9.62. The van der Waals surface area contributed by atoms with E-state index in [2.05, 4.69) is 10.6 Å². The predicted octanol–water partition coefficient (Wildman–Crippen LogP) is 2.21. The average Bonchev–Trinajstić information content (AvgIpc) is 2.20. The SMILES string of the molecule is CC(=O)Nc1ccc(NC(=O)CCCl)cc1. The summed E-state index contributed by atoms with van der Waals surface area (Å²) in [5, 5.41) is 5.33. The van der Waals surface area contributed by atoms with Crippen LogP contribution in [0.25, 0.3) is 0 Å². The second-order valence-electron chi connectivity index (χ2n) is 3.25. The van der Waals surface area contributed by atoms with E-state index in [-0.39, 0.29) is 18.2 Å². The van der Waals surface area contributed by atoms with Crippen molar-refractivity contribution in [1.82, 2.24) is 0 Å². The summed E-state index contributed by atoms with van der Waals surface area (Å²) in [5.41, 5.74) is 1.38. The van der Waals surface area contributed by atoms with Crippen LogP contribution in [0.15, 0.2) is 24.3 Å². The third-order valence-electron chi connectivity index (χ3n) is 1.81. The minimum Gasteiger partial charge on any atom is -0.326 e. The van der Waals surface area contributed by atoms with E-state index in [1.807, 2.05) is 0 Å². The first-order valence-corrected chi connectivity index (χ1v) is 5.38. The lowest BCUT2D eigenvalue weighted by molar-refractivity contribution is -0.116. The van der Waals surface area contributed by atoms with E-state index < -0.39 is 0 Å². The van der Waals surface area contributed by atoms with E-state index >= 15 is 0 Å². The smallest absolute Gasteiger partial charge is 0.225 e. The molecule has 0 aliphatic carbocycles. The number of benzene rings is 1. The maximum atomic E-state index is 11.2. The van der Waals surface area contributed by atoms with E-state index in [9.17, 15) is 9.59 Å². The molecule has 16 heavy (non-hydrogen) atoms. The van der Waals surface area contributed by atoms with Gasteiger partial charge < -0.3 is 10.6 Å². The summed E-state index contributed by atoms with van der Waals surface area (Å²) in [5.74, 6) is 0.0525. The molecule has 1 aromatic carbocycles. The largest absolute Gasteiger partial charge is 0.326 e. The Morgan fingerprint density at radius 1 is 1.12 bits per heavy atom. The van der Waals surface area contributed by atoms with Gasteiger partial charge in [-0.15, -0.1) is 11.6 Å². The molecule has 1 rings (SSSR count). The van der Waals surface area contributed by atoms with Crippen molar-refractivity contribution in [2.45, 2.75) is 13.3 Å². The minimum atomic E-state index is -0.126. The lowest BCUT2D eigenvalue weighted by Gasteiger charge is -2.05. The summed E-state index contributed by atoms with van der Waals surface area (Å²) in [6.45, 7) is 1.44. The van der Waals surface area contributed by atoms with Gasteiger partial charge in [-0.25, -0.2) is 0 Å². The van der Waals surface area contributed by atoms with Crippen LogP contribution in [-0.4, -0.2) is 17.7 Å². The third-order valence-corrected chi connectivity index (χ3v) is 2.00. The van der Waals surface area contributed by atoms with Crippen LogP contribution in [0.3, 0.4) is 0 Å². The van der Waals surface area contributed by atoms with Gasteiger partial charge in [-0.2, -0.15) is 0 Å². The molecule has 0 bridgehead atoms. The average molecular weight is 241 g/mol. The quantitative estimate of drug-likeness (QED) is 0.793. The van der Waals surface area contributed by atoms with E-state index in [0.717, 1.165) is 0 Å². The van der Waals surface area contributed by atoms with Crippen molar-refractivity contribution in [3.63, 3.8) is 0 Å². The molecule has 2 amide bonds. The second-order valence-corrected chi connectivity index (χ2v) is 3.62. The van der Waals surface area contributed by atoms with Crippen LogP contribution < -0.4 is 10.6 Å². The summed E-state index contributed by atoms with van der Waals surface area (Å²) in [7, 11) is 0. The first kappa shape index (κ1) is 12.5. The van der Waals surface area contributed by atoms with Gasteiger partial charge in [0.1, 0.15) is 0 Å². The zero-order chi connectivity index (χ0) is 12.0. The first-order chi connectivity index (χ1) is 7.61. The van der Waals surface area contributed by atoms with Gasteiger partial charge in [0.2, 0.25) is 11.8 Å². The zero-order valence-corrected chi connectivity index (χ0v) is 9.67. The Bertz CT molecular complexity index is 376. The monoisotopic (exact) mass is 240 g/mol. The van der Waals surface area contributed by atoms with Crippen molar-refractivity contribution in [3.05, 3.63) is 24.3 Å². The van der Waals surface area contributed by atoms with E-state index in [1.165, 1.54) is 6.92 Å². The molecule has 0 heterocycles. The highest BCUT2D eigenvalue weighted by molar-refractivity contribution is 6.19. The Labute approximate surface area is 99.0 Å². The molecule has 0 radical (unpaired) electrons. The standard InChI is InChI=1S/C11H13ClN2O2/c1-8(15)13-9-2-4-10(5-3-9)14-11(16)6-7-12/h2-5H,6-7H2,1H3,(H,13,15)(H,14,16). The number of alkyl halides is 1. The molecule has 0 spiro atoms. The van der Waals surface area contributed by atoms with E-state index in [0.29, 0.717) is 17.3 Å². The summed E-state index contributed by atoms with van der Waals surface area (Å²) in [4.78, 5) is 22.0. The molecule has 0 aliphatic rings. The molecule has 0 aliphatic heterocycles. The zero-order valence-electron chi connectivity index (χ0n) is 8.92. The Morgan fingerprint density at radius 3 is 2.06 bits per heavy atom. The lowest BCUT2D eigenvalue weighted by atomic mass is 10.2. The molecule has 0 atom stereocenters. The molecule has 0 fully saturated rings. The fourth-order valence-corrected chi connectivity index (χ4v) is 1.32. The second kappa shape index (κ2) is 6.12. The van der Waals surface area contributed by atoms with Crippen LogP contribution in [-0.2, 0) is 9.59 Å². The molecule has 0 saturated carbocycles. The fraction of sp³-hybridized carbons (Fsp3) is 0.273. The van der Waals surface area contributed by atoms with Gasteiger partial charge in [0.25, 0.3) is 0 Å². The van der Waals surface area contributed by atoms with Gasteiger partial charge in [-0.3, -0.25) is 9.59 Å². The van der Waals surface area contributed by atoms with Crippen LogP contribution in [0, 0.1) is 0 Å². The maximum Gasteiger partial charge on any atom is 0.225 e. The molecular formula is C11H13ClN2O2. The molecular weight excluding hydrogens is 228 g/mol. The number of carbonyl (C=O) groups is 2. The molecule has 0 saturated heterocycles. The highest BCUT2D eigenvalue weighted by Crippen LogP contribution is 2.13. The maximum absolute atomic E-state index is 11.2. The molecule has 2 N–H and O–H groups in total. The molecule has 0 aromatic heterocycles. The summed E-state index contributed by atoms with van der Waals surface area (Å²) >= 11 is 5.44. The van der Waals surface area contributed by atoms with Crippen LogP contribution in [0.1, 0.15) is 13.3 Å². The van der Waals surface area contributed by atoms with Gasteiger partial charge in [0, 0.05) is 30.6 Å². The number of anilines is 2. The molecule has 5 heteroatoms. The summed E-state index contributed by atoms with van der Waals surface area (Å²) in [6.07, 6.45) is 0.287. The number of hydrogen-bond donors (Lipinski definition) is 2. The molecule has 1 aromatic rings. The van der Waals surface area contributed by atoms with Gasteiger partial charge in [-0.05, 0) is 24.3 Å². The fourth-order valence-electron chi connectivity index (χ4n) is 1.15. The Morgan fingerprint density at radius 2 is 1.62 bits per heavy atom. The number of nitrogens with one attached hydrogen (secondary N) is 2. The first-order valence-electron chi connectivity index (χ1n) is 4.85. The van der Waals surface area contributed by atoms with Gasteiger partial charge >= 0.3 is 0 Å². The molecule has 0 unspecified atom stereocenters. The lowest BCUT2D eigenvalue weighted by Crippen LogP contribution is -2.11. The number of carbonyl (C=O) groups excluding carboxylic acids is 2. The predicted molar refractivity (Wildman–Crippen MR) is 64.7 cm³/mol.